The summed E-state index contributed by atoms with van der Waals surface area (Å²) in [6.07, 6.45) is -0.715. The van der Waals surface area contributed by atoms with Gasteiger partial charge in [-0.1, -0.05) is 18.2 Å². The van der Waals surface area contributed by atoms with Crippen molar-refractivity contribution in [1.29, 1.82) is 0 Å². The normalized spacial score (nSPS) is 11.4. The Balaban J connectivity index is 2.08. The summed E-state index contributed by atoms with van der Waals surface area (Å²) in [6, 6.07) is 14.0. The van der Waals surface area contributed by atoms with E-state index in [0.29, 0.717) is 22.7 Å². The van der Waals surface area contributed by atoms with Crippen molar-refractivity contribution in [1.82, 2.24) is 0 Å². The summed E-state index contributed by atoms with van der Waals surface area (Å²) in [6.45, 7) is 3.13. The standard InChI is InChI=1S/C18H19NO4/c1-12(20)14-9-10-16(17(11-14)22-3)23-13(2)18(21)19-15-7-5-4-6-8-15/h4-11,13H,1-3H3,(H,19,21). The predicted molar refractivity (Wildman–Crippen MR) is 88.2 cm³/mol. The van der Waals surface area contributed by atoms with Crippen molar-refractivity contribution in [2.75, 3.05) is 12.4 Å². The summed E-state index contributed by atoms with van der Waals surface area (Å²) in [5, 5.41) is 2.77. The van der Waals surface area contributed by atoms with Gasteiger partial charge in [-0.25, -0.2) is 0 Å². The second-order valence-corrected chi connectivity index (χ2v) is 5.04. The molecule has 0 bridgehead atoms. The molecule has 120 valence electrons. The molecule has 0 spiro atoms. The smallest absolute Gasteiger partial charge is 0.265 e. The molecule has 0 aromatic heterocycles. The van der Waals surface area contributed by atoms with E-state index in [-0.39, 0.29) is 11.7 Å². The molecule has 1 amide bonds. The molecule has 0 saturated heterocycles. The number of ketones is 1. The van der Waals surface area contributed by atoms with Crippen LogP contribution in [0.3, 0.4) is 0 Å². The maximum atomic E-state index is 12.2. The average Bonchev–Trinajstić information content (AvgIpc) is 2.55. The second-order valence-electron chi connectivity index (χ2n) is 5.04. The number of amides is 1. The average molecular weight is 313 g/mol. The van der Waals surface area contributed by atoms with Crippen LogP contribution in [-0.2, 0) is 4.79 Å². The molecule has 1 N–H and O–H groups in total. The van der Waals surface area contributed by atoms with Gasteiger partial charge in [0.15, 0.2) is 23.4 Å². The summed E-state index contributed by atoms with van der Waals surface area (Å²) < 4.78 is 10.9. The van der Waals surface area contributed by atoms with Gasteiger partial charge in [-0.05, 0) is 44.2 Å². The molecule has 0 fully saturated rings. The Morgan fingerprint density at radius 2 is 1.74 bits per heavy atom. The molecule has 0 aliphatic heterocycles. The van der Waals surface area contributed by atoms with Crippen molar-refractivity contribution in [2.24, 2.45) is 0 Å². The highest BCUT2D eigenvalue weighted by Gasteiger charge is 2.17. The summed E-state index contributed by atoms with van der Waals surface area (Å²) in [7, 11) is 1.49. The van der Waals surface area contributed by atoms with E-state index >= 15 is 0 Å². The number of benzene rings is 2. The van der Waals surface area contributed by atoms with Crippen LogP contribution in [0.2, 0.25) is 0 Å². The molecule has 5 heteroatoms. The number of methoxy groups -OCH3 is 1. The van der Waals surface area contributed by atoms with Gasteiger partial charge in [-0.3, -0.25) is 9.59 Å². The molecule has 1 unspecified atom stereocenters. The van der Waals surface area contributed by atoms with Gasteiger partial charge in [-0.15, -0.1) is 0 Å². The number of rotatable bonds is 6. The van der Waals surface area contributed by atoms with Gasteiger partial charge in [0.2, 0.25) is 0 Å². The largest absolute Gasteiger partial charge is 0.493 e. The van der Waals surface area contributed by atoms with Crippen molar-refractivity contribution in [3.63, 3.8) is 0 Å². The maximum Gasteiger partial charge on any atom is 0.265 e. The van der Waals surface area contributed by atoms with Crippen LogP contribution < -0.4 is 14.8 Å². The number of carbonyl (C=O) groups is 2. The number of ether oxygens (including phenoxy) is 2. The second kappa shape index (κ2) is 7.45. The minimum absolute atomic E-state index is 0.0651. The van der Waals surface area contributed by atoms with Crippen molar-refractivity contribution in [3.05, 3.63) is 54.1 Å². The molecule has 1 atom stereocenters. The maximum absolute atomic E-state index is 12.2. The Hall–Kier alpha value is -2.82. The Labute approximate surface area is 135 Å². The predicted octanol–water partition coefficient (Wildman–Crippen LogP) is 3.30. The zero-order valence-corrected chi connectivity index (χ0v) is 13.3. The fourth-order valence-corrected chi connectivity index (χ4v) is 1.99. The first-order valence-electron chi connectivity index (χ1n) is 7.23. The van der Waals surface area contributed by atoms with Gasteiger partial charge >= 0.3 is 0 Å². The molecule has 0 saturated carbocycles. The SMILES string of the molecule is COc1cc(C(C)=O)ccc1OC(C)C(=O)Nc1ccccc1. The molecule has 2 aromatic carbocycles. The van der Waals surface area contributed by atoms with E-state index in [4.69, 9.17) is 9.47 Å². The molecule has 0 heterocycles. The number of carbonyl (C=O) groups excluding carboxylic acids is 2. The molecule has 5 nitrogen and oxygen atoms in total. The van der Waals surface area contributed by atoms with Crippen molar-refractivity contribution >= 4 is 17.4 Å². The van der Waals surface area contributed by atoms with E-state index in [0.717, 1.165) is 0 Å². The van der Waals surface area contributed by atoms with Gasteiger partial charge in [0, 0.05) is 11.3 Å². The van der Waals surface area contributed by atoms with Crippen LogP contribution in [0.4, 0.5) is 5.69 Å². The highest BCUT2D eigenvalue weighted by atomic mass is 16.5. The molecule has 2 aromatic rings. The molecule has 0 aliphatic rings. The van der Waals surface area contributed by atoms with Gasteiger partial charge in [0.05, 0.1) is 7.11 Å². The molecule has 2 rings (SSSR count). The number of hydrogen-bond donors (Lipinski definition) is 1. The summed E-state index contributed by atoms with van der Waals surface area (Å²) in [4.78, 5) is 23.6. The van der Waals surface area contributed by atoms with Crippen LogP contribution in [0.15, 0.2) is 48.5 Å². The fourth-order valence-electron chi connectivity index (χ4n) is 1.99. The molecule has 0 aliphatic carbocycles. The van der Waals surface area contributed by atoms with E-state index < -0.39 is 6.10 Å². The monoisotopic (exact) mass is 313 g/mol. The number of anilines is 1. The van der Waals surface area contributed by atoms with Crippen molar-refractivity contribution < 1.29 is 19.1 Å². The Bertz CT molecular complexity index is 697. The van der Waals surface area contributed by atoms with Crippen LogP contribution in [-0.4, -0.2) is 24.9 Å². The summed E-state index contributed by atoms with van der Waals surface area (Å²) >= 11 is 0. The van der Waals surface area contributed by atoms with Crippen molar-refractivity contribution in [2.45, 2.75) is 20.0 Å². The topological polar surface area (TPSA) is 64.6 Å². The number of Topliss-reactive ketones (excluding diaryl/α,β-unsaturated/α-hetero) is 1. The Kier molecular flexibility index (Phi) is 5.36. The lowest BCUT2D eigenvalue weighted by Gasteiger charge is -2.17. The third-order valence-corrected chi connectivity index (χ3v) is 3.28. The molecular formula is C18H19NO4. The first kappa shape index (κ1) is 16.5. The Morgan fingerprint density at radius 1 is 1.04 bits per heavy atom. The van der Waals surface area contributed by atoms with Crippen LogP contribution in [0.1, 0.15) is 24.2 Å². The minimum Gasteiger partial charge on any atom is -0.493 e. The van der Waals surface area contributed by atoms with Crippen LogP contribution >= 0.6 is 0 Å². The van der Waals surface area contributed by atoms with E-state index in [2.05, 4.69) is 5.32 Å². The molecular weight excluding hydrogens is 294 g/mol. The van der Waals surface area contributed by atoms with Crippen LogP contribution in [0.25, 0.3) is 0 Å². The van der Waals surface area contributed by atoms with E-state index in [1.807, 2.05) is 18.2 Å². The highest BCUT2D eigenvalue weighted by Crippen LogP contribution is 2.29. The lowest BCUT2D eigenvalue weighted by Crippen LogP contribution is -2.30. The van der Waals surface area contributed by atoms with Crippen LogP contribution in [0.5, 0.6) is 11.5 Å². The lowest BCUT2D eigenvalue weighted by molar-refractivity contribution is -0.122. The summed E-state index contributed by atoms with van der Waals surface area (Å²) in [5.41, 5.74) is 1.22. The fraction of sp³-hybridized carbons (Fsp3) is 0.222. The quantitative estimate of drug-likeness (QED) is 0.831. The van der Waals surface area contributed by atoms with E-state index in [9.17, 15) is 9.59 Å². The van der Waals surface area contributed by atoms with E-state index in [1.54, 1.807) is 37.3 Å². The first-order valence-corrected chi connectivity index (χ1v) is 7.23. The van der Waals surface area contributed by atoms with Gasteiger partial charge in [-0.2, -0.15) is 0 Å². The van der Waals surface area contributed by atoms with Gasteiger partial charge in [0.25, 0.3) is 5.91 Å². The third kappa shape index (κ3) is 4.32. The van der Waals surface area contributed by atoms with Crippen LogP contribution in [0, 0.1) is 0 Å². The number of hydrogen-bond acceptors (Lipinski definition) is 4. The zero-order chi connectivity index (χ0) is 16.8. The van der Waals surface area contributed by atoms with Gasteiger partial charge in [0.1, 0.15) is 0 Å². The summed E-state index contributed by atoms with van der Waals surface area (Å²) in [5.74, 6) is 0.490. The molecule has 0 radical (unpaired) electrons. The first-order chi connectivity index (χ1) is 11.0. The number of nitrogens with one attached hydrogen (secondary N) is 1. The number of para-hydroxylation sites is 1. The Morgan fingerprint density at radius 3 is 2.35 bits per heavy atom. The lowest BCUT2D eigenvalue weighted by atomic mass is 10.1. The van der Waals surface area contributed by atoms with E-state index in [1.165, 1.54) is 14.0 Å². The minimum atomic E-state index is -0.715. The van der Waals surface area contributed by atoms with Gasteiger partial charge < -0.3 is 14.8 Å². The third-order valence-electron chi connectivity index (χ3n) is 3.28. The highest BCUT2D eigenvalue weighted by molar-refractivity contribution is 5.95. The van der Waals surface area contributed by atoms with Crippen molar-refractivity contribution in [3.8, 4) is 11.5 Å². The zero-order valence-electron chi connectivity index (χ0n) is 13.3. The molecule has 23 heavy (non-hydrogen) atoms.